The van der Waals surface area contributed by atoms with Crippen LogP contribution < -0.4 is 16.4 Å². The van der Waals surface area contributed by atoms with Gasteiger partial charge in [-0.05, 0) is 12.1 Å². The van der Waals surface area contributed by atoms with Crippen LogP contribution in [-0.4, -0.2) is 22.0 Å². The first-order valence-corrected chi connectivity index (χ1v) is 4.76. The van der Waals surface area contributed by atoms with E-state index >= 15 is 0 Å². The monoisotopic (exact) mass is 216 g/mol. The fourth-order valence-corrected chi connectivity index (χ4v) is 1.27. The van der Waals surface area contributed by atoms with E-state index in [9.17, 15) is 0 Å². The van der Waals surface area contributed by atoms with Crippen molar-refractivity contribution in [3.63, 3.8) is 0 Å². The fourth-order valence-electron chi connectivity index (χ4n) is 1.27. The summed E-state index contributed by atoms with van der Waals surface area (Å²) >= 11 is 0. The largest absolute Gasteiger partial charge is 0.393 e. The maximum atomic E-state index is 5.88. The molecule has 2 heterocycles. The number of hydrogen-bond donors (Lipinski definition) is 3. The summed E-state index contributed by atoms with van der Waals surface area (Å²) in [6.07, 6.45) is 4.84. The van der Waals surface area contributed by atoms with Gasteiger partial charge in [0.1, 0.15) is 12.0 Å². The van der Waals surface area contributed by atoms with Crippen LogP contribution in [0.15, 0.2) is 30.9 Å². The summed E-state index contributed by atoms with van der Waals surface area (Å²) in [5.41, 5.74) is 7.24. The molecule has 0 aliphatic heterocycles. The average Bonchev–Trinajstić information content (AvgIpc) is 2.33. The zero-order valence-corrected chi connectivity index (χ0v) is 8.81. The van der Waals surface area contributed by atoms with Gasteiger partial charge in [-0.3, -0.25) is 4.98 Å². The quantitative estimate of drug-likeness (QED) is 0.715. The van der Waals surface area contributed by atoms with E-state index < -0.39 is 0 Å². The second-order valence-corrected chi connectivity index (χ2v) is 3.10. The third-order valence-electron chi connectivity index (χ3n) is 2.06. The van der Waals surface area contributed by atoms with Gasteiger partial charge in [0.05, 0.1) is 0 Å². The van der Waals surface area contributed by atoms with Crippen LogP contribution >= 0.6 is 0 Å². The summed E-state index contributed by atoms with van der Waals surface area (Å²) in [6.45, 7) is 0. The first-order valence-electron chi connectivity index (χ1n) is 4.76. The lowest BCUT2D eigenvalue weighted by Crippen LogP contribution is -2.04. The van der Waals surface area contributed by atoms with E-state index in [1.54, 1.807) is 19.4 Å². The number of hydrogen-bond acceptors (Lipinski definition) is 6. The highest BCUT2D eigenvalue weighted by Gasteiger charge is 2.06. The summed E-state index contributed by atoms with van der Waals surface area (Å²) in [6, 6.07) is 3.67. The van der Waals surface area contributed by atoms with Gasteiger partial charge in [0, 0.05) is 25.1 Å². The van der Waals surface area contributed by atoms with Gasteiger partial charge in [-0.15, -0.1) is 0 Å². The van der Waals surface area contributed by atoms with Crippen molar-refractivity contribution in [2.24, 2.45) is 0 Å². The van der Waals surface area contributed by atoms with E-state index in [0.29, 0.717) is 17.3 Å². The van der Waals surface area contributed by atoms with Crippen LogP contribution in [0.4, 0.5) is 23.0 Å². The minimum atomic E-state index is 0.488. The van der Waals surface area contributed by atoms with Crippen molar-refractivity contribution in [1.82, 2.24) is 15.0 Å². The van der Waals surface area contributed by atoms with Crippen molar-refractivity contribution in [1.29, 1.82) is 0 Å². The van der Waals surface area contributed by atoms with Gasteiger partial charge in [0.2, 0.25) is 0 Å². The smallest absolute Gasteiger partial charge is 0.159 e. The molecular weight excluding hydrogens is 204 g/mol. The molecule has 0 bridgehead atoms. The number of rotatable bonds is 3. The predicted molar refractivity (Wildman–Crippen MR) is 63.5 cm³/mol. The number of nitrogens with zero attached hydrogens (tertiary/aromatic N) is 3. The topological polar surface area (TPSA) is 88.8 Å². The Morgan fingerprint density at radius 3 is 2.50 bits per heavy atom. The molecule has 0 aliphatic rings. The highest BCUT2D eigenvalue weighted by Crippen LogP contribution is 2.24. The standard InChI is InChI=1S/C10H12N6/c1-12-9-8(11)10(15-6-14-9)16-7-2-4-13-5-3-7/h2-6H,11H2,1H3,(H2,12,13,14,15,16). The Kier molecular flexibility index (Phi) is 2.81. The van der Waals surface area contributed by atoms with Crippen molar-refractivity contribution < 1.29 is 0 Å². The Labute approximate surface area is 93.0 Å². The predicted octanol–water partition coefficient (Wildman–Crippen LogP) is 1.24. The zero-order chi connectivity index (χ0) is 11.4. The molecule has 0 atom stereocenters. The van der Waals surface area contributed by atoms with E-state index in [4.69, 9.17) is 5.73 Å². The number of nitrogens with one attached hydrogen (secondary N) is 2. The van der Waals surface area contributed by atoms with Crippen molar-refractivity contribution in [3.05, 3.63) is 30.9 Å². The minimum Gasteiger partial charge on any atom is -0.393 e. The van der Waals surface area contributed by atoms with E-state index in [0.717, 1.165) is 5.69 Å². The molecule has 4 N–H and O–H groups in total. The highest BCUT2D eigenvalue weighted by molar-refractivity contribution is 5.77. The molecule has 2 rings (SSSR count). The van der Waals surface area contributed by atoms with Gasteiger partial charge in [-0.1, -0.05) is 0 Å². The normalized spacial score (nSPS) is 9.81. The first kappa shape index (κ1) is 10.2. The SMILES string of the molecule is CNc1ncnc(Nc2ccncc2)c1N. The number of pyridine rings is 1. The van der Waals surface area contributed by atoms with Crippen LogP contribution in [0.5, 0.6) is 0 Å². The van der Waals surface area contributed by atoms with Crippen molar-refractivity contribution in [3.8, 4) is 0 Å². The molecule has 0 aliphatic carbocycles. The highest BCUT2D eigenvalue weighted by atomic mass is 15.1. The molecule has 16 heavy (non-hydrogen) atoms. The minimum absolute atomic E-state index is 0.488. The number of anilines is 4. The first-order chi connectivity index (χ1) is 7.81. The van der Waals surface area contributed by atoms with Crippen LogP contribution in [0.1, 0.15) is 0 Å². The molecule has 0 fully saturated rings. The maximum Gasteiger partial charge on any atom is 0.159 e. The van der Waals surface area contributed by atoms with Crippen molar-refractivity contribution in [2.75, 3.05) is 23.4 Å². The van der Waals surface area contributed by atoms with Gasteiger partial charge >= 0.3 is 0 Å². The van der Waals surface area contributed by atoms with Crippen LogP contribution in [0.3, 0.4) is 0 Å². The van der Waals surface area contributed by atoms with Gasteiger partial charge in [-0.25, -0.2) is 9.97 Å². The average molecular weight is 216 g/mol. The van der Waals surface area contributed by atoms with Crippen LogP contribution in [0.2, 0.25) is 0 Å². The summed E-state index contributed by atoms with van der Waals surface area (Å²) in [5.74, 6) is 1.18. The molecule has 0 saturated carbocycles. The van der Waals surface area contributed by atoms with Crippen molar-refractivity contribution >= 4 is 23.0 Å². The number of nitrogen functional groups attached to an aromatic ring is 1. The Morgan fingerprint density at radius 1 is 1.12 bits per heavy atom. The maximum absolute atomic E-state index is 5.88. The molecule has 6 nitrogen and oxygen atoms in total. The third-order valence-corrected chi connectivity index (χ3v) is 2.06. The molecule has 0 spiro atoms. The van der Waals surface area contributed by atoms with E-state index in [-0.39, 0.29) is 0 Å². The lowest BCUT2D eigenvalue weighted by Gasteiger charge is -2.10. The second kappa shape index (κ2) is 4.43. The molecule has 0 unspecified atom stereocenters. The lowest BCUT2D eigenvalue weighted by molar-refractivity contribution is 1.16. The van der Waals surface area contributed by atoms with Crippen molar-refractivity contribution in [2.45, 2.75) is 0 Å². The van der Waals surface area contributed by atoms with Crippen LogP contribution in [-0.2, 0) is 0 Å². The van der Waals surface area contributed by atoms with Gasteiger partial charge in [0.15, 0.2) is 11.6 Å². The zero-order valence-electron chi connectivity index (χ0n) is 8.81. The summed E-state index contributed by atoms with van der Waals surface area (Å²) in [4.78, 5) is 12.0. The number of nitrogens with two attached hydrogens (primary N) is 1. The van der Waals surface area contributed by atoms with E-state index in [1.807, 2.05) is 12.1 Å². The summed E-state index contributed by atoms with van der Waals surface area (Å²) < 4.78 is 0. The lowest BCUT2D eigenvalue weighted by atomic mass is 10.3. The Balaban J connectivity index is 2.28. The molecule has 0 saturated heterocycles. The van der Waals surface area contributed by atoms with E-state index in [2.05, 4.69) is 25.6 Å². The van der Waals surface area contributed by atoms with Gasteiger partial charge < -0.3 is 16.4 Å². The van der Waals surface area contributed by atoms with E-state index in [1.165, 1.54) is 6.33 Å². The molecule has 2 aromatic rings. The van der Waals surface area contributed by atoms with Gasteiger partial charge in [-0.2, -0.15) is 0 Å². The molecule has 0 aromatic carbocycles. The molecule has 2 aromatic heterocycles. The Morgan fingerprint density at radius 2 is 1.81 bits per heavy atom. The van der Waals surface area contributed by atoms with Crippen LogP contribution in [0.25, 0.3) is 0 Å². The summed E-state index contributed by atoms with van der Waals surface area (Å²) in [7, 11) is 1.76. The fraction of sp³-hybridized carbons (Fsp3) is 0.100. The molecular formula is C10H12N6. The molecule has 82 valence electrons. The Hall–Kier alpha value is -2.37. The number of aromatic nitrogens is 3. The molecule has 6 heteroatoms. The summed E-state index contributed by atoms with van der Waals surface area (Å²) in [5, 5.41) is 5.98. The van der Waals surface area contributed by atoms with Gasteiger partial charge in [0.25, 0.3) is 0 Å². The van der Waals surface area contributed by atoms with Crippen LogP contribution in [0, 0.1) is 0 Å². The molecule has 0 radical (unpaired) electrons. The molecule has 0 amide bonds. The second-order valence-electron chi connectivity index (χ2n) is 3.10. The Bertz CT molecular complexity index is 470. The third kappa shape index (κ3) is 2.00.